The Bertz CT molecular complexity index is 1010. The molecule has 0 bridgehead atoms. The molecular weight excluding hydrogens is 419 g/mol. The highest BCUT2D eigenvalue weighted by molar-refractivity contribution is 6.30. The number of hydrazine groups is 1. The van der Waals surface area contributed by atoms with Crippen molar-refractivity contribution in [2.75, 3.05) is 19.1 Å². The number of aromatic nitrogens is 1. The van der Waals surface area contributed by atoms with Gasteiger partial charge in [0.05, 0.1) is 11.3 Å². The molecule has 0 aliphatic rings. The van der Waals surface area contributed by atoms with Crippen LogP contribution in [0.3, 0.4) is 0 Å². The first-order chi connectivity index (χ1) is 14.2. The lowest BCUT2D eigenvalue weighted by Crippen LogP contribution is -2.32. The molecule has 3 aromatic rings. The summed E-state index contributed by atoms with van der Waals surface area (Å²) in [5, 5.41) is 1.72. The van der Waals surface area contributed by atoms with Crippen molar-refractivity contribution in [3.63, 3.8) is 0 Å². The quantitative estimate of drug-likeness (QED) is 0.524. The predicted molar refractivity (Wildman–Crippen MR) is 108 cm³/mol. The van der Waals surface area contributed by atoms with Crippen LogP contribution in [0, 0.1) is 0 Å². The van der Waals surface area contributed by atoms with Crippen molar-refractivity contribution in [2.24, 2.45) is 0 Å². The van der Waals surface area contributed by atoms with E-state index in [1.165, 1.54) is 24.3 Å². The van der Waals surface area contributed by atoms with E-state index in [1.807, 2.05) is 18.2 Å². The summed E-state index contributed by atoms with van der Waals surface area (Å²) >= 11 is 5.90. The molecule has 0 fully saturated rings. The Morgan fingerprint density at radius 3 is 2.43 bits per heavy atom. The van der Waals surface area contributed by atoms with Gasteiger partial charge in [0, 0.05) is 23.8 Å². The number of halogens is 4. The SMILES string of the molecule is CN(Nc1ccccc1)C(=O)c1cnc(OCC(F)(F)F)c(-c2ccc(Cl)cc2)c1. The molecule has 0 aliphatic heterocycles. The van der Waals surface area contributed by atoms with Gasteiger partial charge in [0.25, 0.3) is 5.91 Å². The first kappa shape index (κ1) is 21.4. The molecule has 0 radical (unpaired) electrons. The minimum atomic E-state index is -4.52. The maximum atomic E-state index is 12.8. The van der Waals surface area contributed by atoms with Crippen LogP contribution in [0.25, 0.3) is 11.1 Å². The zero-order valence-corrected chi connectivity index (χ0v) is 16.5. The van der Waals surface area contributed by atoms with E-state index in [4.69, 9.17) is 16.3 Å². The van der Waals surface area contributed by atoms with E-state index < -0.39 is 18.7 Å². The van der Waals surface area contributed by atoms with Gasteiger partial charge in [0.15, 0.2) is 6.61 Å². The summed E-state index contributed by atoms with van der Waals surface area (Å²) in [7, 11) is 1.53. The summed E-state index contributed by atoms with van der Waals surface area (Å²) in [5.74, 6) is -0.659. The fraction of sp³-hybridized carbons (Fsp3) is 0.143. The maximum Gasteiger partial charge on any atom is 0.422 e. The predicted octanol–water partition coefficient (Wildman–Crippen LogP) is 5.44. The molecule has 0 spiro atoms. The van der Waals surface area contributed by atoms with Crippen molar-refractivity contribution >= 4 is 23.2 Å². The number of hydrogen-bond acceptors (Lipinski definition) is 4. The molecule has 0 aliphatic carbocycles. The van der Waals surface area contributed by atoms with Gasteiger partial charge in [-0.15, -0.1) is 0 Å². The van der Waals surface area contributed by atoms with Gasteiger partial charge in [-0.25, -0.2) is 4.98 Å². The number of anilines is 1. The number of benzene rings is 2. The molecule has 156 valence electrons. The van der Waals surface area contributed by atoms with Crippen molar-refractivity contribution in [2.45, 2.75) is 6.18 Å². The highest BCUT2D eigenvalue weighted by Gasteiger charge is 2.29. The number of ether oxygens (including phenoxy) is 1. The van der Waals surface area contributed by atoms with Crippen LogP contribution in [0.15, 0.2) is 66.9 Å². The largest absolute Gasteiger partial charge is 0.468 e. The van der Waals surface area contributed by atoms with Gasteiger partial charge in [-0.05, 0) is 35.9 Å². The fourth-order valence-electron chi connectivity index (χ4n) is 2.62. The third-order valence-electron chi connectivity index (χ3n) is 4.00. The van der Waals surface area contributed by atoms with Gasteiger partial charge in [-0.2, -0.15) is 13.2 Å². The van der Waals surface area contributed by atoms with Crippen LogP contribution < -0.4 is 10.2 Å². The number of hydrogen-bond donors (Lipinski definition) is 1. The Morgan fingerprint density at radius 2 is 1.80 bits per heavy atom. The highest BCUT2D eigenvalue weighted by Crippen LogP contribution is 2.31. The zero-order valence-electron chi connectivity index (χ0n) is 15.8. The molecule has 5 nitrogen and oxygen atoms in total. The number of para-hydroxylation sites is 1. The molecule has 0 unspecified atom stereocenters. The average molecular weight is 436 g/mol. The number of nitrogens with one attached hydrogen (secondary N) is 1. The third kappa shape index (κ3) is 5.64. The summed E-state index contributed by atoms with van der Waals surface area (Å²) in [6.45, 7) is -1.50. The van der Waals surface area contributed by atoms with Crippen molar-refractivity contribution in [1.29, 1.82) is 0 Å². The van der Waals surface area contributed by atoms with Gasteiger partial charge in [-0.3, -0.25) is 15.2 Å². The van der Waals surface area contributed by atoms with Gasteiger partial charge in [0.1, 0.15) is 0 Å². The number of rotatable bonds is 6. The van der Waals surface area contributed by atoms with Crippen molar-refractivity contribution < 1.29 is 22.7 Å². The van der Waals surface area contributed by atoms with Crippen LogP contribution in [0.1, 0.15) is 10.4 Å². The Hall–Kier alpha value is -3.26. The number of carbonyl (C=O) groups is 1. The van der Waals surface area contributed by atoms with E-state index in [1.54, 1.807) is 36.4 Å². The van der Waals surface area contributed by atoms with Crippen LogP contribution in [0.5, 0.6) is 5.88 Å². The molecule has 2 aromatic carbocycles. The summed E-state index contributed by atoms with van der Waals surface area (Å²) in [6, 6.07) is 16.9. The molecule has 9 heteroatoms. The summed E-state index contributed by atoms with van der Waals surface area (Å²) < 4.78 is 42.7. The van der Waals surface area contributed by atoms with E-state index >= 15 is 0 Å². The van der Waals surface area contributed by atoms with Crippen molar-refractivity contribution in [3.05, 3.63) is 77.4 Å². The number of carbonyl (C=O) groups excluding carboxylic acids is 1. The lowest BCUT2D eigenvalue weighted by Gasteiger charge is -2.20. The maximum absolute atomic E-state index is 12.8. The van der Waals surface area contributed by atoms with Gasteiger partial charge >= 0.3 is 6.18 Å². The van der Waals surface area contributed by atoms with Crippen LogP contribution >= 0.6 is 11.6 Å². The van der Waals surface area contributed by atoms with Gasteiger partial charge in [-0.1, -0.05) is 41.9 Å². The minimum absolute atomic E-state index is 0.172. The molecule has 0 saturated heterocycles. The van der Waals surface area contributed by atoms with Crippen molar-refractivity contribution in [3.8, 4) is 17.0 Å². The van der Waals surface area contributed by atoms with E-state index in [-0.39, 0.29) is 17.0 Å². The molecule has 0 saturated carbocycles. The number of alkyl halides is 3. The lowest BCUT2D eigenvalue weighted by molar-refractivity contribution is -0.154. The lowest BCUT2D eigenvalue weighted by atomic mass is 10.0. The van der Waals surface area contributed by atoms with Crippen LogP contribution in [0.2, 0.25) is 5.02 Å². The number of amides is 1. The van der Waals surface area contributed by atoms with Crippen LogP contribution in [-0.2, 0) is 0 Å². The Balaban J connectivity index is 1.90. The van der Waals surface area contributed by atoms with Crippen LogP contribution in [-0.4, -0.2) is 35.7 Å². The molecule has 1 amide bonds. The molecule has 3 rings (SSSR count). The minimum Gasteiger partial charge on any atom is -0.468 e. The third-order valence-corrected chi connectivity index (χ3v) is 4.25. The number of pyridine rings is 1. The van der Waals surface area contributed by atoms with Gasteiger partial charge in [0.2, 0.25) is 5.88 Å². The number of nitrogens with zero attached hydrogens (tertiary/aromatic N) is 2. The molecular formula is C21H17ClF3N3O2. The molecule has 1 heterocycles. The standard InChI is InChI=1S/C21H17ClF3N3O2/c1-28(27-17-5-3-2-4-6-17)20(29)15-11-18(14-7-9-16(22)10-8-14)19(26-12-15)30-13-21(23,24)25/h2-12,27H,13H2,1H3. The van der Waals surface area contributed by atoms with E-state index in [2.05, 4.69) is 10.4 Å². The second-order valence-corrected chi connectivity index (χ2v) is 6.77. The molecule has 1 aromatic heterocycles. The molecule has 0 atom stereocenters. The molecule has 30 heavy (non-hydrogen) atoms. The first-order valence-electron chi connectivity index (χ1n) is 8.78. The van der Waals surface area contributed by atoms with Gasteiger partial charge < -0.3 is 4.74 Å². The smallest absolute Gasteiger partial charge is 0.422 e. The first-order valence-corrected chi connectivity index (χ1v) is 9.16. The van der Waals surface area contributed by atoms with E-state index in [9.17, 15) is 18.0 Å². The summed E-state index contributed by atoms with van der Waals surface area (Å²) in [5.41, 5.74) is 4.55. The van der Waals surface area contributed by atoms with E-state index in [0.29, 0.717) is 16.3 Å². The average Bonchev–Trinajstić information content (AvgIpc) is 2.72. The fourth-order valence-corrected chi connectivity index (χ4v) is 2.75. The van der Waals surface area contributed by atoms with Crippen LogP contribution in [0.4, 0.5) is 18.9 Å². The second kappa shape index (κ2) is 9.04. The monoisotopic (exact) mass is 435 g/mol. The Kier molecular flexibility index (Phi) is 6.47. The Morgan fingerprint density at radius 1 is 1.13 bits per heavy atom. The second-order valence-electron chi connectivity index (χ2n) is 6.33. The highest BCUT2D eigenvalue weighted by atomic mass is 35.5. The zero-order chi connectivity index (χ0) is 21.7. The normalized spacial score (nSPS) is 11.1. The molecule has 1 N–H and O–H groups in total. The van der Waals surface area contributed by atoms with E-state index in [0.717, 1.165) is 0 Å². The summed E-state index contributed by atoms with van der Waals surface area (Å²) in [6.07, 6.45) is -3.34. The topological polar surface area (TPSA) is 54.5 Å². The van der Waals surface area contributed by atoms with Crippen molar-refractivity contribution in [1.82, 2.24) is 9.99 Å². The Labute approximate surface area is 176 Å². The summed E-state index contributed by atoms with van der Waals surface area (Å²) in [4.78, 5) is 16.8.